The van der Waals surface area contributed by atoms with Gasteiger partial charge in [-0.25, -0.2) is 8.42 Å². The fourth-order valence-corrected chi connectivity index (χ4v) is 4.35. The maximum atomic E-state index is 12.3. The Labute approximate surface area is 102 Å². The second-order valence-electron chi connectivity index (χ2n) is 4.60. The third kappa shape index (κ3) is 2.17. The molecule has 2 rings (SSSR count). The largest absolute Gasteiger partial charge is 0.380 e. The van der Waals surface area contributed by atoms with Crippen LogP contribution >= 0.6 is 0 Å². The average molecular weight is 254 g/mol. The number of nitrogens with one attached hydrogen (secondary N) is 1. The minimum absolute atomic E-state index is 0.0713. The number of nitrogens with two attached hydrogens (primary N) is 1. The molecule has 0 aliphatic carbocycles. The molecular weight excluding hydrogens is 236 g/mol. The van der Waals surface area contributed by atoms with Gasteiger partial charge in [0.15, 0.2) is 9.84 Å². The molecule has 0 spiro atoms. The van der Waals surface area contributed by atoms with Gasteiger partial charge in [-0.3, -0.25) is 0 Å². The molecule has 5 heteroatoms. The molecule has 1 heterocycles. The zero-order valence-electron chi connectivity index (χ0n) is 10.2. The van der Waals surface area contributed by atoms with Gasteiger partial charge in [0.1, 0.15) is 0 Å². The number of sulfone groups is 1. The van der Waals surface area contributed by atoms with Crippen LogP contribution in [-0.2, 0) is 9.84 Å². The number of fused-ring (bicyclic) bond motifs is 1. The van der Waals surface area contributed by atoms with Crippen LogP contribution in [0, 0.1) is 13.8 Å². The second-order valence-corrected chi connectivity index (χ2v) is 6.57. The highest BCUT2D eigenvalue weighted by molar-refractivity contribution is 7.91. The lowest BCUT2D eigenvalue weighted by Gasteiger charge is -2.29. The maximum absolute atomic E-state index is 12.3. The minimum Gasteiger partial charge on any atom is -0.380 e. The summed E-state index contributed by atoms with van der Waals surface area (Å²) in [7, 11) is -3.18. The molecule has 1 aliphatic rings. The summed E-state index contributed by atoms with van der Waals surface area (Å²) in [5.41, 5.74) is 8.04. The number of aryl methyl sites for hydroxylation is 2. The third-order valence-corrected chi connectivity index (χ3v) is 5.15. The van der Waals surface area contributed by atoms with E-state index in [2.05, 4.69) is 5.32 Å². The first-order valence-electron chi connectivity index (χ1n) is 5.75. The summed E-state index contributed by atoms with van der Waals surface area (Å²) < 4.78 is 24.5. The summed E-state index contributed by atoms with van der Waals surface area (Å²) in [5, 5.41) is 3.30. The van der Waals surface area contributed by atoms with Gasteiger partial charge in [0.25, 0.3) is 0 Å². The number of benzene rings is 1. The van der Waals surface area contributed by atoms with Crippen molar-refractivity contribution >= 4 is 15.5 Å². The molecule has 0 saturated heterocycles. The smallest absolute Gasteiger partial charge is 0.182 e. The van der Waals surface area contributed by atoms with Gasteiger partial charge >= 0.3 is 0 Å². The van der Waals surface area contributed by atoms with Gasteiger partial charge in [-0.15, -0.1) is 0 Å². The van der Waals surface area contributed by atoms with Crippen LogP contribution < -0.4 is 11.1 Å². The molecule has 1 aromatic carbocycles. The third-order valence-electron chi connectivity index (χ3n) is 3.16. The Kier molecular flexibility index (Phi) is 3.14. The summed E-state index contributed by atoms with van der Waals surface area (Å²) in [6.45, 7) is 4.25. The molecule has 94 valence electrons. The van der Waals surface area contributed by atoms with E-state index in [9.17, 15) is 8.42 Å². The monoisotopic (exact) mass is 254 g/mol. The Hall–Kier alpha value is -1.07. The molecule has 3 N–H and O–H groups in total. The van der Waals surface area contributed by atoms with E-state index >= 15 is 0 Å². The molecule has 0 saturated carbocycles. The molecule has 0 amide bonds. The highest BCUT2D eigenvalue weighted by atomic mass is 32.2. The predicted molar refractivity (Wildman–Crippen MR) is 69.1 cm³/mol. The van der Waals surface area contributed by atoms with Crippen molar-refractivity contribution in [3.8, 4) is 0 Å². The maximum Gasteiger partial charge on any atom is 0.182 e. The highest BCUT2D eigenvalue weighted by Gasteiger charge is 2.31. The van der Waals surface area contributed by atoms with Crippen LogP contribution in [0.2, 0.25) is 0 Å². The van der Waals surface area contributed by atoms with Crippen LogP contribution in [0.15, 0.2) is 17.0 Å². The summed E-state index contributed by atoms with van der Waals surface area (Å²) in [4.78, 5) is 0.464. The summed E-state index contributed by atoms with van der Waals surface area (Å²) in [6.07, 6.45) is 0.673. The second kappa shape index (κ2) is 4.31. The van der Waals surface area contributed by atoms with Crippen LogP contribution in [0.25, 0.3) is 0 Å². The van der Waals surface area contributed by atoms with E-state index in [1.807, 2.05) is 26.0 Å². The Morgan fingerprint density at radius 1 is 1.35 bits per heavy atom. The van der Waals surface area contributed by atoms with Crippen LogP contribution in [0.5, 0.6) is 0 Å². The molecule has 1 aromatic rings. The molecule has 1 unspecified atom stereocenters. The highest BCUT2D eigenvalue weighted by Crippen LogP contribution is 2.34. The van der Waals surface area contributed by atoms with Crippen molar-refractivity contribution in [1.29, 1.82) is 0 Å². The molecule has 17 heavy (non-hydrogen) atoms. The van der Waals surface area contributed by atoms with Crippen LogP contribution in [0.1, 0.15) is 17.5 Å². The molecule has 4 nitrogen and oxygen atoms in total. The van der Waals surface area contributed by atoms with E-state index in [0.29, 0.717) is 17.9 Å². The Morgan fingerprint density at radius 2 is 2.00 bits per heavy atom. The standard InChI is InChI=1S/C12H18N2O2S/c1-8-3-4-9(2)12-11(8)14-10(5-6-13)7-17(12,15)16/h3-4,10,14H,5-7,13H2,1-2H3. The first-order chi connectivity index (χ1) is 7.95. The van der Waals surface area contributed by atoms with Crippen molar-refractivity contribution in [3.05, 3.63) is 23.3 Å². The normalized spacial score (nSPS) is 21.7. The Bertz CT molecular complexity index is 538. The van der Waals surface area contributed by atoms with Crippen LogP contribution in [-0.4, -0.2) is 26.8 Å². The van der Waals surface area contributed by atoms with Crippen molar-refractivity contribution in [2.75, 3.05) is 17.6 Å². The van der Waals surface area contributed by atoms with Gasteiger partial charge in [-0.2, -0.15) is 0 Å². The molecule has 1 atom stereocenters. The number of hydrogen-bond acceptors (Lipinski definition) is 4. The van der Waals surface area contributed by atoms with E-state index in [4.69, 9.17) is 5.73 Å². The predicted octanol–water partition coefficient (Wildman–Crippen LogP) is 1.22. The molecule has 0 radical (unpaired) electrons. The minimum atomic E-state index is -3.18. The average Bonchev–Trinajstić information content (AvgIpc) is 2.22. The zero-order valence-corrected chi connectivity index (χ0v) is 11.0. The van der Waals surface area contributed by atoms with E-state index in [1.54, 1.807) is 0 Å². The SMILES string of the molecule is Cc1ccc(C)c2c1NC(CCN)CS2(=O)=O. The van der Waals surface area contributed by atoms with Crippen molar-refractivity contribution in [3.63, 3.8) is 0 Å². The van der Waals surface area contributed by atoms with Gasteiger partial charge in [-0.1, -0.05) is 12.1 Å². The van der Waals surface area contributed by atoms with E-state index < -0.39 is 9.84 Å². The first kappa shape index (κ1) is 12.4. The molecule has 1 aliphatic heterocycles. The summed E-state index contributed by atoms with van der Waals surface area (Å²) >= 11 is 0. The van der Waals surface area contributed by atoms with Crippen LogP contribution in [0.3, 0.4) is 0 Å². The molecular formula is C12H18N2O2S. The van der Waals surface area contributed by atoms with Crippen LogP contribution in [0.4, 0.5) is 5.69 Å². The zero-order chi connectivity index (χ0) is 12.6. The lowest BCUT2D eigenvalue weighted by Crippen LogP contribution is -2.36. The van der Waals surface area contributed by atoms with Crippen molar-refractivity contribution < 1.29 is 8.42 Å². The van der Waals surface area contributed by atoms with Crippen molar-refractivity contribution in [1.82, 2.24) is 0 Å². The quantitative estimate of drug-likeness (QED) is 0.832. The molecule has 0 bridgehead atoms. The number of hydrogen-bond donors (Lipinski definition) is 2. The number of anilines is 1. The lowest BCUT2D eigenvalue weighted by atomic mass is 10.1. The van der Waals surface area contributed by atoms with E-state index in [-0.39, 0.29) is 11.8 Å². The van der Waals surface area contributed by atoms with Crippen molar-refractivity contribution in [2.45, 2.75) is 31.2 Å². The summed E-state index contributed by atoms with van der Waals surface area (Å²) in [5.74, 6) is 0.140. The first-order valence-corrected chi connectivity index (χ1v) is 7.40. The fraction of sp³-hybridized carbons (Fsp3) is 0.500. The topological polar surface area (TPSA) is 72.2 Å². The Morgan fingerprint density at radius 3 is 2.65 bits per heavy atom. The van der Waals surface area contributed by atoms with E-state index in [0.717, 1.165) is 16.8 Å². The fourth-order valence-electron chi connectivity index (χ4n) is 2.32. The molecule has 0 fully saturated rings. The van der Waals surface area contributed by atoms with Gasteiger partial charge in [-0.05, 0) is 37.9 Å². The summed E-state index contributed by atoms with van der Waals surface area (Å²) in [6, 6.07) is 3.73. The Balaban J connectivity index is 2.56. The van der Waals surface area contributed by atoms with Gasteiger partial charge in [0.2, 0.25) is 0 Å². The van der Waals surface area contributed by atoms with Gasteiger partial charge < -0.3 is 11.1 Å². The molecule has 0 aromatic heterocycles. The van der Waals surface area contributed by atoms with Crippen molar-refractivity contribution in [2.24, 2.45) is 5.73 Å². The number of rotatable bonds is 2. The van der Waals surface area contributed by atoms with E-state index in [1.165, 1.54) is 0 Å². The van der Waals surface area contributed by atoms with Gasteiger partial charge in [0.05, 0.1) is 16.3 Å². The van der Waals surface area contributed by atoms with Gasteiger partial charge in [0, 0.05) is 6.04 Å². The lowest BCUT2D eigenvalue weighted by molar-refractivity contribution is 0.579.